The van der Waals surface area contributed by atoms with Crippen LogP contribution in [0, 0.1) is 0 Å². The molecule has 0 saturated carbocycles. The highest BCUT2D eigenvalue weighted by Crippen LogP contribution is 2.15. The molecule has 0 fully saturated rings. The molecule has 2 rings (SSSR count). The summed E-state index contributed by atoms with van der Waals surface area (Å²) < 4.78 is 0. The third-order valence-corrected chi connectivity index (χ3v) is 2.31. The Hall–Kier alpha value is -2.42. The highest BCUT2D eigenvalue weighted by Gasteiger charge is 2.00. The van der Waals surface area contributed by atoms with Gasteiger partial charge in [0, 0.05) is 17.3 Å². The van der Waals surface area contributed by atoms with Gasteiger partial charge in [-0.25, -0.2) is 0 Å². The molecule has 3 nitrogen and oxygen atoms in total. The number of allylic oxidation sites excluding steroid dienone is 1. The molecule has 0 atom stereocenters. The van der Waals surface area contributed by atoms with Crippen LogP contribution in [-0.4, -0.2) is 15.9 Å². The van der Waals surface area contributed by atoms with Gasteiger partial charge >= 0.3 is 0 Å². The van der Waals surface area contributed by atoms with Crippen molar-refractivity contribution >= 4 is 11.9 Å². The van der Waals surface area contributed by atoms with E-state index in [1.165, 1.54) is 12.3 Å². The predicted octanol–water partition coefficient (Wildman–Crippen LogP) is 2.68. The predicted molar refractivity (Wildman–Crippen MR) is 65.7 cm³/mol. The Morgan fingerprint density at radius 3 is 2.65 bits per heavy atom. The molecule has 0 aliphatic heterocycles. The van der Waals surface area contributed by atoms with Crippen molar-refractivity contribution in [3.8, 4) is 5.75 Å². The Morgan fingerprint density at radius 1 is 1.18 bits per heavy atom. The van der Waals surface area contributed by atoms with Crippen molar-refractivity contribution in [1.29, 1.82) is 0 Å². The van der Waals surface area contributed by atoms with Crippen molar-refractivity contribution < 1.29 is 9.90 Å². The Kier molecular flexibility index (Phi) is 3.31. The van der Waals surface area contributed by atoms with E-state index in [2.05, 4.69) is 4.98 Å². The molecular weight excluding hydrogens is 214 g/mol. The van der Waals surface area contributed by atoms with E-state index in [4.69, 9.17) is 0 Å². The third-order valence-electron chi connectivity index (χ3n) is 2.31. The molecule has 3 heteroatoms. The smallest absolute Gasteiger partial charge is 0.185 e. The van der Waals surface area contributed by atoms with Crippen LogP contribution in [-0.2, 0) is 0 Å². The lowest BCUT2D eigenvalue weighted by Crippen LogP contribution is -1.92. The standard InChI is InChI=1S/C14H11NO2/c16-13(11-4-2-1-3-5-11)7-6-12-8-9-15-10-14(12)17/h1-10,17H. The van der Waals surface area contributed by atoms with E-state index in [9.17, 15) is 9.90 Å². The largest absolute Gasteiger partial charge is 0.506 e. The Labute approximate surface area is 99.1 Å². The van der Waals surface area contributed by atoms with Gasteiger partial charge in [0.15, 0.2) is 5.78 Å². The molecule has 17 heavy (non-hydrogen) atoms. The van der Waals surface area contributed by atoms with Crippen LogP contribution >= 0.6 is 0 Å². The molecule has 1 heterocycles. The molecule has 1 aromatic carbocycles. The zero-order valence-electron chi connectivity index (χ0n) is 9.08. The highest BCUT2D eigenvalue weighted by molar-refractivity contribution is 6.06. The lowest BCUT2D eigenvalue weighted by Gasteiger charge is -1.97. The molecule has 1 N–H and O–H groups in total. The van der Waals surface area contributed by atoms with Crippen LogP contribution in [0.1, 0.15) is 15.9 Å². The molecule has 0 saturated heterocycles. The first-order valence-electron chi connectivity index (χ1n) is 5.18. The summed E-state index contributed by atoms with van der Waals surface area (Å²) >= 11 is 0. The van der Waals surface area contributed by atoms with Gasteiger partial charge in [-0.1, -0.05) is 30.3 Å². The zero-order chi connectivity index (χ0) is 12.1. The van der Waals surface area contributed by atoms with E-state index in [1.807, 2.05) is 18.2 Å². The van der Waals surface area contributed by atoms with Crippen molar-refractivity contribution in [1.82, 2.24) is 4.98 Å². The van der Waals surface area contributed by atoms with Crippen LogP contribution in [0.4, 0.5) is 0 Å². The quantitative estimate of drug-likeness (QED) is 0.645. The summed E-state index contributed by atoms with van der Waals surface area (Å²) in [5.74, 6) is -0.0357. The molecule has 1 aromatic heterocycles. The van der Waals surface area contributed by atoms with Crippen molar-refractivity contribution in [2.75, 3.05) is 0 Å². The number of aromatic hydroxyl groups is 1. The van der Waals surface area contributed by atoms with Gasteiger partial charge in [-0.05, 0) is 18.2 Å². The first-order chi connectivity index (χ1) is 8.27. The summed E-state index contributed by atoms with van der Waals surface area (Å²) in [5, 5.41) is 9.47. The summed E-state index contributed by atoms with van der Waals surface area (Å²) in [7, 11) is 0. The van der Waals surface area contributed by atoms with E-state index in [-0.39, 0.29) is 11.5 Å². The molecule has 0 radical (unpaired) electrons. The number of rotatable bonds is 3. The Balaban J connectivity index is 2.17. The highest BCUT2D eigenvalue weighted by atomic mass is 16.3. The summed E-state index contributed by atoms with van der Waals surface area (Å²) in [6.45, 7) is 0. The minimum Gasteiger partial charge on any atom is -0.506 e. The maximum absolute atomic E-state index is 11.7. The maximum atomic E-state index is 11.7. The minimum atomic E-state index is -0.0955. The fourth-order valence-electron chi connectivity index (χ4n) is 1.40. The number of hydrogen-bond acceptors (Lipinski definition) is 3. The van der Waals surface area contributed by atoms with Crippen molar-refractivity contribution in [2.45, 2.75) is 0 Å². The van der Waals surface area contributed by atoms with Crippen molar-refractivity contribution in [3.63, 3.8) is 0 Å². The van der Waals surface area contributed by atoms with Crippen LogP contribution in [0.15, 0.2) is 54.9 Å². The molecule has 0 unspecified atom stereocenters. The second kappa shape index (κ2) is 5.07. The Morgan fingerprint density at radius 2 is 1.94 bits per heavy atom. The first-order valence-corrected chi connectivity index (χ1v) is 5.18. The third kappa shape index (κ3) is 2.78. The monoisotopic (exact) mass is 225 g/mol. The molecule has 84 valence electrons. The number of benzene rings is 1. The lowest BCUT2D eigenvalue weighted by atomic mass is 10.1. The summed E-state index contributed by atoms with van der Waals surface area (Å²) in [5.41, 5.74) is 1.20. The number of aromatic nitrogens is 1. The van der Waals surface area contributed by atoms with Gasteiger partial charge in [0.1, 0.15) is 5.75 Å². The molecule has 0 aliphatic rings. The van der Waals surface area contributed by atoms with Crippen LogP contribution < -0.4 is 0 Å². The van der Waals surface area contributed by atoms with Gasteiger partial charge < -0.3 is 5.11 Å². The average Bonchev–Trinajstić information content (AvgIpc) is 2.38. The van der Waals surface area contributed by atoms with Crippen LogP contribution in [0.5, 0.6) is 5.75 Å². The van der Waals surface area contributed by atoms with Gasteiger partial charge in [0.05, 0.1) is 6.20 Å². The molecule has 0 spiro atoms. The molecule has 0 bridgehead atoms. The Bertz CT molecular complexity index is 547. The van der Waals surface area contributed by atoms with Crippen molar-refractivity contribution in [3.05, 3.63) is 66.0 Å². The fourth-order valence-corrected chi connectivity index (χ4v) is 1.40. The molecule has 0 amide bonds. The molecule has 0 aliphatic carbocycles. The van der Waals surface area contributed by atoms with Crippen LogP contribution in [0.3, 0.4) is 0 Å². The summed E-state index contributed by atoms with van der Waals surface area (Å²) in [6, 6.07) is 10.6. The number of nitrogens with zero attached hydrogens (tertiary/aromatic N) is 1. The van der Waals surface area contributed by atoms with E-state index in [0.29, 0.717) is 11.1 Å². The van der Waals surface area contributed by atoms with Gasteiger partial charge in [0.2, 0.25) is 0 Å². The lowest BCUT2D eigenvalue weighted by molar-refractivity contribution is 0.104. The number of hydrogen-bond donors (Lipinski definition) is 1. The number of pyridine rings is 1. The van der Waals surface area contributed by atoms with Crippen LogP contribution in [0.2, 0.25) is 0 Å². The molecule has 2 aromatic rings. The van der Waals surface area contributed by atoms with E-state index in [1.54, 1.807) is 30.5 Å². The second-order valence-corrected chi connectivity index (χ2v) is 3.50. The topological polar surface area (TPSA) is 50.2 Å². The van der Waals surface area contributed by atoms with E-state index in [0.717, 1.165) is 0 Å². The van der Waals surface area contributed by atoms with Gasteiger partial charge in [0.25, 0.3) is 0 Å². The zero-order valence-corrected chi connectivity index (χ0v) is 9.08. The normalized spacial score (nSPS) is 10.6. The van der Waals surface area contributed by atoms with Gasteiger partial charge in [-0.3, -0.25) is 9.78 Å². The minimum absolute atomic E-state index is 0.0598. The van der Waals surface area contributed by atoms with Gasteiger partial charge in [-0.15, -0.1) is 0 Å². The van der Waals surface area contributed by atoms with Crippen molar-refractivity contribution in [2.24, 2.45) is 0 Å². The molecular formula is C14H11NO2. The van der Waals surface area contributed by atoms with Gasteiger partial charge in [-0.2, -0.15) is 0 Å². The van der Waals surface area contributed by atoms with Crippen LogP contribution in [0.25, 0.3) is 6.08 Å². The van der Waals surface area contributed by atoms with E-state index < -0.39 is 0 Å². The first kappa shape index (κ1) is 11.1. The number of carbonyl (C=O) groups excluding carboxylic acids is 1. The summed E-state index contributed by atoms with van der Waals surface area (Å²) in [6.07, 6.45) is 5.91. The fraction of sp³-hybridized carbons (Fsp3) is 0. The SMILES string of the molecule is O=C(C=Cc1ccncc1O)c1ccccc1. The van der Waals surface area contributed by atoms with E-state index >= 15 is 0 Å². The average molecular weight is 225 g/mol. The maximum Gasteiger partial charge on any atom is 0.185 e. The second-order valence-electron chi connectivity index (χ2n) is 3.50. The summed E-state index contributed by atoms with van der Waals surface area (Å²) in [4.78, 5) is 15.5. The number of ketones is 1. The number of carbonyl (C=O) groups is 1.